The van der Waals surface area contributed by atoms with E-state index in [1.165, 1.54) is 5.56 Å². The van der Waals surface area contributed by atoms with Crippen molar-refractivity contribution in [1.82, 2.24) is 5.32 Å². The van der Waals surface area contributed by atoms with Crippen LogP contribution in [0.3, 0.4) is 0 Å². The monoisotopic (exact) mass is 593 g/mol. The molecule has 3 atom stereocenters. The number of hydrogen-bond donors (Lipinski definition) is 1. The molecule has 6 heteroatoms. The molecular formula is C40H27N5O. The molecule has 6 aromatic rings. The Morgan fingerprint density at radius 1 is 0.739 bits per heavy atom. The van der Waals surface area contributed by atoms with E-state index in [1.807, 2.05) is 42.5 Å². The Morgan fingerprint density at radius 2 is 1.50 bits per heavy atom. The second kappa shape index (κ2) is 10.5. The molecule has 9 rings (SSSR count). The van der Waals surface area contributed by atoms with Crippen molar-refractivity contribution in [3.63, 3.8) is 0 Å². The quantitative estimate of drug-likeness (QED) is 0.222. The standard InChI is InChI=1S/C40H27N5O/c41-24-25-14-16-27(17-15-25)39-42-38(26-8-2-1-3-9-26)43-40(44-39)28-18-20-29(21-19-28)45-34-12-6-4-10-30(34)32-22-23-33-31-11-5-7-13-35(31)46-37(33)36(32)45/h1-23,30,34,38H,(H,42,43,44). The van der Waals surface area contributed by atoms with Crippen molar-refractivity contribution in [2.45, 2.75) is 18.1 Å². The number of nitrogens with zero attached hydrogens (tertiary/aromatic N) is 4. The molecular weight excluding hydrogens is 566 g/mol. The van der Waals surface area contributed by atoms with Crippen LogP contribution in [0.15, 0.2) is 154 Å². The lowest BCUT2D eigenvalue weighted by Crippen LogP contribution is -2.33. The Bertz CT molecular complexity index is 2300. The van der Waals surface area contributed by atoms with Gasteiger partial charge in [0.25, 0.3) is 0 Å². The van der Waals surface area contributed by atoms with Gasteiger partial charge in [-0.25, -0.2) is 9.98 Å². The van der Waals surface area contributed by atoms with E-state index < -0.39 is 0 Å². The van der Waals surface area contributed by atoms with E-state index in [9.17, 15) is 5.26 Å². The summed E-state index contributed by atoms with van der Waals surface area (Å²) < 4.78 is 6.54. The number of fused-ring (bicyclic) bond motifs is 7. The lowest BCUT2D eigenvalue weighted by Gasteiger charge is -2.29. The molecule has 5 aromatic carbocycles. The van der Waals surface area contributed by atoms with Gasteiger partial charge in [-0.15, -0.1) is 0 Å². The number of hydrogen-bond acceptors (Lipinski definition) is 6. The van der Waals surface area contributed by atoms with Crippen LogP contribution in [0.1, 0.15) is 39.9 Å². The first-order valence-corrected chi connectivity index (χ1v) is 15.4. The first-order valence-electron chi connectivity index (χ1n) is 15.4. The highest BCUT2D eigenvalue weighted by Gasteiger charge is 2.40. The predicted octanol–water partition coefficient (Wildman–Crippen LogP) is 8.68. The molecule has 0 amide bonds. The van der Waals surface area contributed by atoms with E-state index in [1.54, 1.807) is 12.1 Å². The summed E-state index contributed by atoms with van der Waals surface area (Å²) in [5, 5.41) is 15.1. The minimum atomic E-state index is -0.300. The summed E-state index contributed by atoms with van der Waals surface area (Å²) in [5.74, 6) is 1.60. The highest BCUT2D eigenvalue weighted by Crippen LogP contribution is 2.52. The van der Waals surface area contributed by atoms with E-state index in [0.29, 0.717) is 11.4 Å². The van der Waals surface area contributed by atoms with Crippen molar-refractivity contribution in [1.29, 1.82) is 5.26 Å². The first-order chi connectivity index (χ1) is 22.7. The zero-order valence-corrected chi connectivity index (χ0v) is 24.7. The van der Waals surface area contributed by atoms with Gasteiger partial charge in [0.1, 0.15) is 17.6 Å². The highest BCUT2D eigenvalue weighted by atomic mass is 16.3. The van der Waals surface area contributed by atoms with Gasteiger partial charge in [0.15, 0.2) is 11.4 Å². The van der Waals surface area contributed by atoms with Crippen molar-refractivity contribution < 1.29 is 4.42 Å². The summed E-state index contributed by atoms with van der Waals surface area (Å²) in [6, 6.07) is 41.2. The van der Waals surface area contributed by atoms with Crippen molar-refractivity contribution in [3.05, 3.63) is 167 Å². The van der Waals surface area contributed by atoms with E-state index in [-0.39, 0.29) is 18.1 Å². The fourth-order valence-corrected chi connectivity index (χ4v) is 6.89. The van der Waals surface area contributed by atoms with Crippen molar-refractivity contribution in [2.24, 2.45) is 9.98 Å². The third-order valence-electron chi connectivity index (χ3n) is 9.10. The second-order valence-corrected chi connectivity index (χ2v) is 11.7. The van der Waals surface area contributed by atoms with E-state index in [0.717, 1.165) is 55.8 Å². The molecule has 0 spiro atoms. The Labute approximate surface area is 266 Å². The van der Waals surface area contributed by atoms with Crippen LogP contribution < -0.4 is 10.2 Å². The number of nitrogens with one attached hydrogen (secondary N) is 1. The van der Waals surface area contributed by atoms with Gasteiger partial charge in [-0.2, -0.15) is 5.26 Å². The van der Waals surface area contributed by atoms with Crippen LogP contribution in [-0.2, 0) is 0 Å². The van der Waals surface area contributed by atoms with Crippen LogP contribution in [0.4, 0.5) is 11.4 Å². The average Bonchev–Trinajstić information content (AvgIpc) is 3.68. The Hall–Kier alpha value is -6.19. The molecule has 1 aliphatic carbocycles. The average molecular weight is 594 g/mol. The number of aliphatic imine (C=N–C) groups is 2. The maximum atomic E-state index is 9.29. The smallest absolute Gasteiger partial charge is 0.159 e. The first kappa shape index (κ1) is 26.2. The van der Waals surface area contributed by atoms with Crippen LogP contribution in [0.25, 0.3) is 21.9 Å². The summed E-state index contributed by atoms with van der Waals surface area (Å²) in [6.07, 6.45) is 8.55. The maximum absolute atomic E-state index is 9.29. The number of amidine groups is 2. The van der Waals surface area contributed by atoms with Gasteiger partial charge >= 0.3 is 0 Å². The second-order valence-electron chi connectivity index (χ2n) is 11.7. The molecule has 0 radical (unpaired) electrons. The molecule has 1 N–H and O–H groups in total. The maximum Gasteiger partial charge on any atom is 0.159 e. The minimum absolute atomic E-state index is 0.146. The number of benzene rings is 5. The predicted molar refractivity (Wildman–Crippen MR) is 184 cm³/mol. The van der Waals surface area contributed by atoms with E-state index >= 15 is 0 Å². The van der Waals surface area contributed by atoms with Gasteiger partial charge in [-0.3, -0.25) is 0 Å². The fraction of sp³-hybridized carbons (Fsp3) is 0.0750. The molecule has 0 saturated heterocycles. The summed E-state index contributed by atoms with van der Waals surface area (Å²) in [5.41, 5.74) is 8.78. The van der Waals surface area contributed by atoms with Crippen molar-refractivity contribution in [2.75, 3.05) is 4.90 Å². The molecule has 218 valence electrons. The number of para-hydroxylation sites is 1. The van der Waals surface area contributed by atoms with Crippen LogP contribution in [0.2, 0.25) is 0 Å². The molecule has 3 unspecified atom stereocenters. The SMILES string of the molecule is N#Cc1ccc(C2=NC(c3ccccc3)NC(c3ccc(N4c5c(ccc6c5oc5ccccc56)C5C=CC=CC54)cc3)=N2)cc1. The van der Waals surface area contributed by atoms with Gasteiger partial charge in [0, 0.05) is 33.5 Å². The van der Waals surface area contributed by atoms with Gasteiger partial charge in [-0.05, 0) is 65.7 Å². The largest absolute Gasteiger partial charge is 0.454 e. The number of furan rings is 1. The lowest BCUT2D eigenvalue weighted by molar-refractivity contribution is 0.667. The molecule has 3 heterocycles. The number of anilines is 2. The Morgan fingerprint density at radius 3 is 2.33 bits per heavy atom. The van der Waals surface area contributed by atoms with Gasteiger partial charge in [0.05, 0.1) is 23.4 Å². The van der Waals surface area contributed by atoms with Crippen molar-refractivity contribution in [3.8, 4) is 6.07 Å². The lowest BCUT2D eigenvalue weighted by atomic mass is 9.91. The molecule has 0 fully saturated rings. The zero-order chi connectivity index (χ0) is 30.6. The molecule has 2 aliphatic heterocycles. The normalized spacial score (nSPS) is 19.7. The van der Waals surface area contributed by atoms with Crippen LogP contribution >= 0.6 is 0 Å². The molecule has 1 aromatic heterocycles. The zero-order valence-electron chi connectivity index (χ0n) is 24.7. The molecule has 0 saturated carbocycles. The molecule has 3 aliphatic rings. The van der Waals surface area contributed by atoms with Crippen LogP contribution in [0.5, 0.6) is 0 Å². The summed E-state index contributed by atoms with van der Waals surface area (Å²) in [7, 11) is 0. The Balaban J connectivity index is 1.13. The van der Waals surface area contributed by atoms with Gasteiger partial charge in [-0.1, -0.05) is 85.0 Å². The Kier molecular flexibility index (Phi) is 5.97. The minimum Gasteiger partial charge on any atom is -0.454 e. The van der Waals surface area contributed by atoms with Gasteiger partial charge < -0.3 is 14.6 Å². The van der Waals surface area contributed by atoms with E-state index in [2.05, 4.69) is 101 Å². The highest BCUT2D eigenvalue weighted by molar-refractivity contribution is 6.13. The summed E-state index contributed by atoms with van der Waals surface area (Å²) in [4.78, 5) is 12.3. The fourth-order valence-electron chi connectivity index (χ4n) is 6.89. The molecule has 6 nitrogen and oxygen atoms in total. The molecule has 0 bridgehead atoms. The third-order valence-corrected chi connectivity index (χ3v) is 9.10. The van der Waals surface area contributed by atoms with Crippen LogP contribution in [-0.4, -0.2) is 17.7 Å². The summed E-state index contributed by atoms with van der Waals surface area (Å²) in [6.45, 7) is 0. The summed E-state index contributed by atoms with van der Waals surface area (Å²) >= 11 is 0. The molecule has 46 heavy (non-hydrogen) atoms. The van der Waals surface area contributed by atoms with Gasteiger partial charge in [0.2, 0.25) is 0 Å². The topological polar surface area (TPSA) is 76.9 Å². The third kappa shape index (κ3) is 4.17. The van der Waals surface area contributed by atoms with Crippen molar-refractivity contribution >= 4 is 45.0 Å². The van der Waals surface area contributed by atoms with E-state index in [4.69, 9.17) is 14.4 Å². The number of allylic oxidation sites excluding steroid dienone is 2. The number of nitriles is 1. The number of rotatable bonds is 4. The van der Waals surface area contributed by atoms with Crippen LogP contribution in [0, 0.1) is 11.3 Å².